The maximum absolute atomic E-state index is 12.3. The summed E-state index contributed by atoms with van der Waals surface area (Å²) in [7, 11) is 0. The molecule has 0 spiro atoms. The molecule has 0 bridgehead atoms. The lowest BCUT2D eigenvalue weighted by Gasteiger charge is -2.09. The zero-order valence-corrected chi connectivity index (χ0v) is 17.6. The molecule has 2 heterocycles. The number of ether oxygens (including phenoxy) is 2. The number of benzene rings is 3. The lowest BCUT2D eigenvalue weighted by molar-refractivity contribution is -0.274. The van der Waals surface area contributed by atoms with Crippen LogP contribution in [0.15, 0.2) is 90.2 Å². The molecule has 0 amide bonds. The number of halogens is 3. The first-order chi connectivity index (χ1) is 16.4. The van der Waals surface area contributed by atoms with Crippen LogP contribution >= 0.6 is 0 Å². The average Bonchev–Trinajstić information content (AvgIpc) is 3.50. The number of hydrogen-bond donors (Lipinski definition) is 1. The van der Waals surface area contributed by atoms with Gasteiger partial charge in [0.2, 0.25) is 0 Å². The average molecular weight is 465 g/mol. The predicted octanol–water partition coefficient (Wildman–Crippen LogP) is 5.37. The number of nitrogens with one attached hydrogen (secondary N) is 1. The van der Waals surface area contributed by atoms with Crippen molar-refractivity contribution in [1.82, 2.24) is 14.8 Å². The van der Waals surface area contributed by atoms with Gasteiger partial charge in [0.15, 0.2) is 5.82 Å². The Morgan fingerprint density at radius 3 is 2.38 bits per heavy atom. The minimum absolute atomic E-state index is 0.0368. The van der Waals surface area contributed by atoms with Gasteiger partial charge < -0.3 is 14.8 Å². The summed E-state index contributed by atoms with van der Waals surface area (Å²) in [6.45, 7) is 0.481. The Labute approximate surface area is 192 Å². The quantitative estimate of drug-likeness (QED) is 0.429. The second-order valence-electron chi connectivity index (χ2n) is 7.43. The molecule has 7 nitrogen and oxygen atoms in total. The van der Waals surface area contributed by atoms with Crippen LogP contribution in [0.25, 0.3) is 17.1 Å². The van der Waals surface area contributed by atoms with Crippen molar-refractivity contribution in [3.8, 4) is 22.8 Å². The predicted molar refractivity (Wildman–Crippen MR) is 120 cm³/mol. The zero-order chi connectivity index (χ0) is 23.5. The molecule has 1 aromatic heterocycles. The summed E-state index contributed by atoms with van der Waals surface area (Å²) in [4.78, 5) is 8.87. The second kappa shape index (κ2) is 8.89. The molecule has 4 aromatic rings. The maximum Gasteiger partial charge on any atom is 0.573 e. The summed E-state index contributed by atoms with van der Waals surface area (Å²) in [6.07, 6.45) is -3.24. The first-order valence-corrected chi connectivity index (χ1v) is 10.3. The van der Waals surface area contributed by atoms with Crippen LogP contribution in [0.4, 0.5) is 18.9 Å². The molecule has 1 N–H and O–H groups in total. The van der Waals surface area contributed by atoms with Crippen molar-refractivity contribution >= 4 is 11.7 Å². The summed E-state index contributed by atoms with van der Waals surface area (Å²) in [5.74, 6) is 0.173. The van der Waals surface area contributed by atoms with Gasteiger partial charge >= 0.3 is 6.36 Å². The molecule has 0 aliphatic carbocycles. The molecule has 1 aliphatic heterocycles. The SMILES string of the molecule is FC(F)(F)Oc1ccc(-n2cnc(-c3ccc(NC4=N[C@@H](c5ccccc5)CO4)cc3)n2)cc1. The number of amidine groups is 1. The topological polar surface area (TPSA) is 73.6 Å². The van der Waals surface area contributed by atoms with Crippen molar-refractivity contribution in [2.45, 2.75) is 12.4 Å². The highest BCUT2D eigenvalue weighted by molar-refractivity contribution is 5.90. The highest BCUT2D eigenvalue weighted by atomic mass is 19.4. The van der Waals surface area contributed by atoms with Gasteiger partial charge in [-0.2, -0.15) is 0 Å². The van der Waals surface area contributed by atoms with E-state index in [2.05, 4.69) is 25.1 Å². The standard InChI is InChI=1S/C24H18F3N5O2/c25-24(26,27)34-20-12-10-19(11-13-20)32-15-28-22(31-32)17-6-8-18(9-7-17)29-23-30-21(14-33-23)16-4-2-1-3-5-16/h1-13,15,21H,14H2,(H,29,30)/t21-/m1/s1. The molecule has 10 heteroatoms. The number of anilines is 1. The van der Waals surface area contributed by atoms with Crippen molar-refractivity contribution in [2.24, 2.45) is 4.99 Å². The van der Waals surface area contributed by atoms with E-state index in [1.54, 1.807) is 0 Å². The van der Waals surface area contributed by atoms with Crippen molar-refractivity contribution in [3.63, 3.8) is 0 Å². The summed E-state index contributed by atoms with van der Waals surface area (Å²) < 4.78 is 48.0. The minimum atomic E-state index is -4.73. The molecule has 172 valence electrons. The Kier molecular flexibility index (Phi) is 5.62. The van der Waals surface area contributed by atoms with Crippen LogP contribution in [0.3, 0.4) is 0 Å². The third-order valence-corrected chi connectivity index (χ3v) is 5.06. The third kappa shape index (κ3) is 5.01. The lowest BCUT2D eigenvalue weighted by Crippen LogP contribution is -2.17. The Morgan fingerprint density at radius 2 is 1.68 bits per heavy atom. The van der Waals surface area contributed by atoms with Gasteiger partial charge in [0.1, 0.15) is 24.7 Å². The summed E-state index contributed by atoms with van der Waals surface area (Å²) in [5, 5.41) is 7.57. The van der Waals surface area contributed by atoms with Crippen molar-refractivity contribution in [3.05, 3.63) is 90.8 Å². The number of nitrogens with zero attached hydrogens (tertiary/aromatic N) is 4. The van der Waals surface area contributed by atoms with Crippen molar-refractivity contribution in [1.29, 1.82) is 0 Å². The fraction of sp³-hybridized carbons (Fsp3) is 0.125. The van der Waals surface area contributed by atoms with Crippen LogP contribution in [0, 0.1) is 0 Å². The zero-order valence-electron chi connectivity index (χ0n) is 17.6. The normalized spacial score (nSPS) is 15.5. The smallest absolute Gasteiger partial charge is 0.462 e. The van der Waals surface area contributed by atoms with Gasteiger partial charge in [0.05, 0.1) is 5.69 Å². The molecule has 0 saturated heterocycles. The first kappa shape index (κ1) is 21.5. The second-order valence-corrected chi connectivity index (χ2v) is 7.43. The molecular formula is C24H18F3N5O2. The molecule has 1 atom stereocenters. The molecule has 0 saturated carbocycles. The fourth-order valence-electron chi connectivity index (χ4n) is 3.43. The molecule has 3 aromatic carbocycles. The van der Waals surface area contributed by atoms with E-state index in [4.69, 9.17) is 4.74 Å². The maximum atomic E-state index is 12.3. The number of aromatic nitrogens is 3. The van der Waals surface area contributed by atoms with Gasteiger partial charge in [-0.1, -0.05) is 30.3 Å². The largest absolute Gasteiger partial charge is 0.573 e. The molecule has 5 rings (SSSR count). The van der Waals surface area contributed by atoms with E-state index in [9.17, 15) is 13.2 Å². The van der Waals surface area contributed by atoms with E-state index in [1.807, 2.05) is 54.6 Å². The van der Waals surface area contributed by atoms with E-state index < -0.39 is 6.36 Å². The van der Waals surface area contributed by atoms with Crippen LogP contribution in [-0.4, -0.2) is 33.8 Å². The summed E-state index contributed by atoms with van der Waals surface area (Å²) in [5.41, 5.74) is 3.23. The van der Waals surface area contributed by atoms with Gasteiger partial charge in [-0.25, -0.2) is 14.7 Å². The van der Waals surface area contributed by atoms with Crippen LogP contribution in [0.2, 0.25) is 0 Å². The van der Waals surface area contributed by atoms with Gasteiger partial charge in [-0.15, -0.1) is 18.3 Å². The molecule has 34 heavy (non-hydrogen) atoms. The number of aliphatic imine (C=N–C) groups is 1. The highest BCUT2D eigenvalue weighted by Gasteiger charge is 2.31. The summed E-state index contributed by atoms with van der Waals surface area (Å²) in [6, 6.07) is 23.2. The third-order valence-electron chi connectivity index (χ3n) is 5.06. The molecule has 0 radical (unpaired) electrons. The van der Waals surface area contributed by atoms with E-state index in [0.717, 1.165) is 16.8 Å². The van der Waals surface area contributed by atoms with Gasteiger partial charge in [-0.3, -0.25) is 0 Å². The van der Waals surface area contributed by atoms with Crippen LogP contribution < -0.4 is 10.1 Å². The molecular weight excluding hydrogens is 447 g/mol. The van der Waals surface area contributed by atoms with Gasteiger partial charge in [-0.05, 0) is 54.1 Å². The van der Waals surface area contributed by atoms with Gasteiger partial charge in [0, 0.05) is 11.3 Å². The van der Waals surface area contributed by atoms with E-state index >= 15 is 0 Å². The first-order valence-electron chi connectivity index (χ1n) is 10.3. The number of rotatable bonds is 5. The van der Waals surface area contributed by atoms with Gasteiger partial charge in [0.25, 0.3) is 6.02 Å². The van der Waals surface area contributed by atoms with Crippen molar-refractivity contribution in [2.75, 3.05) is 11.9 Å². The van der Waals surface area contributed by atoms with E-state index in [1.165, 1.54) is 35.3 Å². The molecule has 0 fully saturated rings. The van der Waals surface area contributed by atoms with Crippen LogP contribution in [0.1, 0.15) is 11.6 Å². The summed E-state index contributed by atoms with van der Waals surface area (Å²) >= 11 is 0. The van der Waals surface area contributed by atoms with Crippen molar-refractivity contribution < 1.29 is 22.6 Å². The Balaban J connectivity index is 1.24. The monoisotopic (exact) mass is 465 g/mol. The van der Waals surface area contributed by atoms with E-state index in [0.29, 0.717) is 24.1 Å². The van der Waals surface area contributed by atoms with Crippen LogP contribution in [0.5, 0.6) is 5.75 Å². The minimum Gasteiger partial charge on any atom is -0.462 e. The number of alkyl halides is 3. The molecule has 0 unspecified atom stereocenters. The molecule has 1 aliphatic rings. The number of hydrogen-bond acceptors (Lipinski definition) is 6. The Morgan fingerprint density at radius 1 is 0.941 bits per heavy atom. The Hall–Kier alpha value is -4.34. The Bertz CT molecular complexity index is 1290. The highest BCUT2D eigenvalue weighted by Crippen LogP contribution is 2.26. The van der Waals surface area contributed by atoms with E-state index in [-0.39, 0.29) is 11.8 Å². The fourth-order valence-corrected chi connectivity index (χ4v) is 3.43. The van der Waals surface area contributed by atoms with Crippen LogP contribution in [-0.2, 0) is 4.74 Å². The lowest BCUT2D eigenvalue weighted by atomic mass is 10.1.